The molecule has 0 saturated carbocycles. The van der Waals surface area contributed by atoms with Crippen molar-refractivity contribution in [1.82, 2.24) is 5.01 Å². The van der Waals surface area contributed by atoms with Crippen LogP contribution in [-0.4, -0.2) is 10.7 Å². The van der Waals surface area contributed by atoms with Gasteiger partial charge in [0.25, 0.3) is 0 Å². The number of rotatable bonds is 2. The molecule has 2 aliphatic rings. The van der Waals surface area contributed by atoms with Crippen molar-refractivity contribution in [2.75, 3.05) is 0 Å². The number of aryl methyl sites for hydroxylation is 1. The molecule has 0 fully saturated rings. The van der Waals surface area contributed by atoms with Crippen molar-refractivity contribution in [3.05, 3.63) is 88.3 Å². The molecule has 3 aromatic rings. The molecular formula is C21H17ClN2O2. The van der Waals surface area contributed by atoms with E-state index in [1.165, 1.54) is 0 Å². The lowest BCUT2D eigenvalue weighted by molar-refractivity contribution is -0.0189. The normalized spacial score (nSPS) is 21.0. The number of hydrogen-bond acceptors (Lipinski definition) is 4. The Bertz CT molecular complexity index is 1010. The first kappa shape index (κ1) is 15.5. The van der Waals surface area contributed by atoms with E-state index in [-0.39, 0.29) is 12.3 Å². The molecule has 5 heteroatoms. The van der Waals surface area contributed by atoms with Gasteiger partial charge in [-0.2, -0.15) is 5.10 Å². The summed E-state index contributed by atoms with van der Waals surface area (Å²) in [4.78, 5) is 0. The highest BCUT2D eigenvalue weighted by molar-refractivity contribution is 6.31. The van der Waals surface area contributed by atoms with Crippen LogP contribution in [0.1, 0.15) is 41.3 Å². The Kier molecular flexibility index (Phi) is 3.54. The van der Waals surface area contributed by atoms with Crippen molar-refractivity contribution in [1.29, 1.82) is 0 Å². The van der Waals surface area contributed by atoms with Crippen molar-refractivity contribution in [2.45, 2.75) is 25.6 Å². The maximum atomic E-state index is 6.46. The number of hydrazone groups is 1. The number of ether oxygens (including phenoxy) is 1. The molecule has 0 amide bonds. The number of hydrogen-bond donors (Lipinski definition) is 0. The second-order valence-electron chi connectivity index (χ2n) is 6.59. The molecule has 0 saturated heterocycles. The summed E-state index contributed by atoms with van der Waals surface area (Å²) in [7, 11) is 0. The van der Waals surface area contributed by atoms with Crippen molar-refractivity contribution in [3.63, 3.8) is 0 Å². The average Bonchev–Trinajstić information content (AvgIpc) is 3.28. The van der Waals surface area contributed by atoms with E-state index in [9.17, 15) is 0 Å². The number of furan rings is 1. The Morgan fingerprint density at radius 3 is 2.54 bits per heavy atom. The Morgan fingerprint density at radius 1 is 1.00 bits per heavy atom. The minimum Gasteiger partial charge on any atom is -0.464 e. The van der Waals surface area contributed by atoms with E-state index in [1.54, 1.807) is 0 Å². The van der Waals surface area contributed by atoms with Gasteiger partial charge in [0.15, 0.2) is 0 Å². The molecule has 2 aliphatic heterocycles. The summed E-state index contributed by atoms with van der Waals surface area (Å²) in [6, 6.07) is 19.9. The van der Waals surface area contributed by atoms with Gasteiger partial charge < -0.3 is 9.15 Å². The first-order valence-corrected chi connectivity index (χ1v) is 9.01. The van der Waals surface area contributed by atoms with Crippen LogP contribution >= 0.6 is 11.6 Å². The van der Waals surface area contributed by atoms with E-state index in [4.69, 9.17) is 25.9 Å². The van der Waals surface area contributed by atoms with Gasteiger partial charge in [0.1, 0.15) is 23.0 Å². The van der Waals surface area contributed by atoms with E-state index in [0.717, 1.165) is 40.5 Å². The molecule has 0 N–H and O–H groups in total. The molecule has 0 spiro atoms. The van der Waals surface area contributed by atoms with Crippen molar-refractivity contribution >= 4 is 17.3 Å². The quantitative estimate of drug-likeness (QED) is 0.604. The van der Waals surface area contributed by atoms with E-state index < -0.39 is 0 Å². The van der Waals surface area contributed by atoms with Crippen LogP contribution in [-0.2, 0) is 0 Å². The van der Waals surface area contributed by atoms with E-state index in [0.29, 0.717) is 5.02 Å². The summed E-state index contributed by atoms with van der Waals surface area (Å²) in [5.74, 6) is 2.57. The number of fused-ring (bicyclic) bond motifs is 3. The first-order valence-electron chi connectivity index (χ1n) is 8.63. The van der Waals surface area contributed by atoms with Crippen LogP contribution in [0.5, 0.6) is 5.75 Å². The zero-order chi connectivity index (χ0) is 17.7. The SMILES string of the molecule is Cc1ccc(C2=NN3[C@H](C2)c2ccccc2O[C@H]3c2ccccc2Cl)o1. The number of nitrogens with zero attached hydrogens (tertiary/aromatic N) is 2. The van der Waals surface area contributed by atoms with Crippen molar-refractivity contribution < 1.29 is 9.15 Å². The smallest absolute Gasteiger partial charge is 0.215 e. The highest BCUT2D eigenvalue weighted by Crippen LogP contribution is 2.48. The average molecular weight is 365 g/mol. The second kappa shape index (κ2) is 5.92. The number of halogens is 1. The fourth-order valence-electron chi connectivity index (χ4n) is 3.65. The fraction of sp³-hybridized carbons (Fsp3) is 0.190. The maximum Gasteiger partial charge on any atom is 0.215 e. The molecule has 1 aromatic heterocycles. The maximum absolute atomic E-state index is 6.46. The highest BCUT2D eigenvalue weighted by Gasteiger charge is 2.41. The monoisotopic (exact) mass is 364 g/mol. The van der Waals surface area contributed by atoms with Crippen LogP contribution in [0, 0.1) is 6.92 Å². The largest absolute Gasteiger partial charge is 0.464 e. The third kappa shape index (κ3) is 2.41. The molecule has 4 nitrogen and oxygen atoms in total. The Hall–Kier alpha value is -2.72. The standard InChI is InChI=1S/C21H17ClN2O2/c1-13-10-11-20(25-13)17-12-18-15-7-3-5-9-19(15)26-21(24(18)23-17)14-6-2-4-8-16(14)22/h2-11,18,21H,12H2,1H3/t18-,21+/m1/s1. The molecular weight excluding hydrogens is 348 g/mol. The summed E-state index contributed by atoms with van der Waals surface area (Å²) in [5.41, 5.74) is 2.98. The molecule has 0 unspecified atom stereocenters. The third-order valence-corrected chi connectivity index (χ3v) is 5.24. The van der Waals surface area contributed by atoms with E-state index in [1.807, 2.05) is 66.5 Å². The number of para-hydroxylation sites is 1. The van der Waals surface area contributed by atoms with E-state index in [2.05, 4.69) is 6.07 Å². The molecule has 5 rings (SSSR count). The van der Waals surface area contributed by atoms with Crippen LogP contribution in [0.4, 0.5) is 0 Å². The Labute approximate surface area is 156 Å². The molecule has 2 aromatic carbocycles. The Balaban J connectivity index is 1.62. The lowest BCUT2D eigenvalue weighted by Crippen LogP contribution is -2.33. The van der Waals surface area contributed by atoms with E-state index >= 15 is 0 Å². The van der Waals surface area contributed by atoms with Crippen LogP contribution in [0.3, 0.4) is 0 Å². The first-order chi connectivity index (χ1) is 12.7. The second-order valence-corrected chi connectivity index (χ2v) is 6.99. The number of benzene rings is 2. The summed E-state index contributed by atoms with van der Waals surface area (Å²) in [5, 5.41) is 7.55. The summed E-state index contributed by atoms with van der Waals surface area (Å²) in [6.45, 7) is 1.94. The van der Waals surface area contributed by atoms with Gasteiger partial charge in [-0.25, -0.2) is 5.01 Å². The van der Waals surface area contributed by atoms with Gasteiger partial charge in [-0.1, -0.05) is 48.0 Å². The lowest BCUT2D eigenvalue weighted by Gasteiger charge is -2.38. The van der Waals surface area contributed by atoms with Crippen molar-refractivity contribution in [3.8, 4) is 5.75 Å². The summed E-state index contributed by atoms with van der Waals surface area (Å²) < 4.78 is 12.1. The third-order valence-electron chi connectivity index (χ3n) is 4.90. The molecule has 0 bridgehead atoms. The molecule has 0 aliphatic carbocycles. The highest BCUT2D eigenvalue weighted by atomic mass is 35.5. The van der Waals surface area contributed by atoms with Crippen LogP contribution in [0.2, 0.25) is 5.02 Å². The lowest BCUT2D eigenvalue weighted by atomic mass is 9.97. The summed E-state index contributed by atoms with van der Waals surface area (Å²) in [6.07, 6.45) is 0.408. The van der Waals surface area contributed by atoms with Gasteiger partial charge in [-0.05, 0) is 31.2 Å². The van der Waals surface area contributed by atoms with Gasteiger partial charge in [0, 0.05) is 22.6 Å². The molecule has 26 heavy (non-hydrogen) atoms. The van der Waals surface area contributed by atoms with Crippen LogP contribution in [0.15, 0.2) is 70.2 Å². The van der Waals surface area contributed by atoms with Gasteiger partial charge >= 0.3 is 0 Å². The van der Waals surface area contributed by atoms with Crippen LogP contribution in [0.25, 0.3) is 0 Å². The van der Waals surface area contributed by atoms with Gasteiger partial charge in [0.05, 0.1) is 6.04 Å². The zero-order valence-electron chi connectivity index (χ0n) is 14.2. The molecule has 0 radical (unpaired) electrons. The Morgan fingerprint density at radius 2 is 1.77 bits per heavy atom. The molecule has 3 heterocycles. The minimum atomic E-state index is -0.364. The van der Waals surface area contributed by atoms with Gasteiger partial charge in [0.2, 0.25) is 6.23 Å². The predicted octanol–water partition coefficient (Wildman–Crippen LogP) is 5.48. The fourth-order valence-corrected chi connectivity index (χ4v) is 3.88. The predicted molar refractivity (Wildman–Crippen MR) is 100 cm³/mol. The topological polar surface area (TPSA) is 38.0 Å². The molecule has 2 atom stereocenters. The van der Waals surface area contributed by atoms with Gasteiger partial charge in [-0.15, -0.1) is 0 Å². The molecule has 130 valence electrons. The van der Waals surface area contributed by atoms with Crippen molar-refractivity contribution in [2.24, 2.45) is 5.10 Å². The van der Waals surface area contributed by atoms with Crippen LogP contribution < -0.4 is 4.74 Å². The minimum absolute atomic E-state index is 0.0987. The van der Waals surface area contributed by atoms with Gasteiger partial charge in [-0.3, -0.25) is 0 Å². The summed E-state index contributed by atoms with van der Waals surface area (Å²) >= 11 is 6.46. The zero-order valence-corrected chi connectivity index (χ0v) is 15.0.